The molecule has 2 aromatic rings. The first kappa shape index (κ1) is 22.4. The van der Waals surface area contributed by atoms with E-state index in [9.17, 15) is 14.4 Å². The van der Waals surface area contributed by atoms with E-state index in [1.165, 1.54) is 0 Å². The van der Waals surface area contributed by atoms with Crippen LogP contribution in [0.5, 0.6) is 11.5 Å². The van der Waals surface area contributed by atoms with Gasteiger partial charge in [0, 0.05) is 44.4 Å². The van der Waals surface area contributed by atoms with E-state index in [4.69, 9.17) is 14.2 Å². The molecule has 0 atom stereocenters. The first-order valence-corrected chi connectivity index (χ1v) is 10.9. The van der Waals surface area contributed by atoms with Gasteiger partial charge in [-0.05, 0) is 37.3 Å². The molecule has 10 heteroatoms. The molecule has 1 N–H and O–H groups in total. The number of aromatic nitrogens is 1. The number of nitrogens with zero attached hydrogens (tertiary/aromatic N) is 3. The predicted octanol–water partition coefficient (Wildman–Crippen LogP) is 2.05. The minimum atomic E-state index is -0.360. The molecule has 2 aliphatic heterocycles. The van der Waals surface area contributed by atoms with E-state index in [2.05, 4.69) is 10.3 Å². The van der Waals surface area contributed by atoms with Gasteiger partial charge in [-0.25, -0.2) is 4.98 Å². The molecular weight excluding hydrogens is 428 g/mol. The van der Waals surface area contributed by atoms with Gasteiger partial charge in [0.1, 0.15) is 0 Å². The van der Waals surface area contributed by atoms with E-state index in [-0.39, 0.29) is 37.4 Å². The lowest BCUT2D eigenvalue weighted by atomic mass is 10.2. The van der Waals surface area contributed by atoms with Crippen molar-refractivity contribution in [2.45, 2.75) is 19.8 Å². The average molecular weight is 454 g/mol. The van der Waals surface area contributed by atoms with Gasteiger partial charge in [-0.1, -0.05) is 0 Å². The second-order valence-corrected chi connectivity index (χ2v) is 7.57. The minimum Gasteiger partial charge on any atom is -0.466 e. The third-order valence-electron chi connectivity index (χ3n) is 5.45. The Kier molecular flexibility index (Phi) is 6.92. The van der Waals surface area contributed by atoms with Crippen molar-refractivity contribution in [3.8, 4) is 11.5 Å². The summed E-state index contributed by atoms with van der Waals surface area (Å²) in [5.74, 6) is 1.09. The summed E-state index contributed by atoms with van der Waals surface area (Å²) >= 11 is 0. The Labute approximate surface area is 191 Å². The van der Waals surface area contributed by atoms with Gasteiger partial charge in [-0.15, -0.1) is 0 Å². The molecule has 1 aromatic carbocycles. The normalized spacial score (nSPS) is 14.7. The van der Waals surface area contributed by atoms with Crippen molar-refractivity contribution in [1.29, 1.82) is 0 Å². The zero-order chi connectivity index (χ0) is 23.2. The molecule has 0 spiro atoms. The number of ether oxygens (including phenoxy) is 3. The Morgan fingerprint density at radius 1 is 1.06 bits per heavy atom. The quantitative estimate of drug-likeness (QED) is 0.633. The standard InChI is InChI=1S/C23H26N4O6/c1-2-31-21(29)8-7-20(28)26-10-12-27(13-11-26)22-17(4-3-9-24-22)25-23(30)16-5-6-18-19(14-16)33-15-32-18/h3-6,9,14H,2,7-8,10-13,15H2,1H3,(H,25,30). The molecule has 0 saturated carbocycles. The predicted molar refractivity (Wildman–Crippen MR) is 119 cm³/mol. The van der Waals surface area contributed by atoms with Crippen LogP contribution in [0.3, 0.4) is 0 Å². The lowest BCUT2D eigenvalue weighted by molar-refractivity contribution is -0.145. The molecule has 10 nitrogen and oxygen atoms in total. The average Bonchev–Trinajstić information content (AvgIpc) is 3.31. The van der Waals surface area contributed by atoms with Gasteiger partial charge < -0.3 is 29.3 Å². The molecule has 4 rings (SSSR count). The van der Waals surface area contributed by atoms with Crippen LogP contribution in [0.1, 0.15) is 30.1 Å². The van der Waals surface area contributed by atoms with Crippen molar-refractivity contribution >= 4 is 29.3 Å². The third-order valence-corrected chi connectivity index (χ3v) is 5.45. The number of hydrogen-bond acceptors (Lipinski definition) is 8. The second-order valence-electron chi connectivity index (χ2n) is 7.57. The zero-order valence-corrected chi connectivity index (χ0v) is 18.4. The Morgan fingerprint density at radius 2 is 1.85 bits per heavy atom. The number of carbonyl (C=O) groups excluding carboxylic acids is 3. The van der Waals surface area contributed by atoms with Crippen molar-refractivity contribution in [2.24, 2.45) is 0 Å². The van der Waals surface area contributed by atoms with Gasteiger partial charge in [0.05, 0.1) is 18.7 Å². The number of rotatable bonds is 7. The van der Waals surface area contributed by atoms with Gasteiger partial charge in [-0.3, -0.25) is 14.4 Å². The highest BCUT2D eigenvalue weighted by molar-refractivity contribution is 6.06. The monoisotopic (exact) mass is 454 g/mol. The van der Waals surface area contributed by atoms with Gasteiger partial charge >= 0.3 is 5.97 Å². The summed E-state index contributed by atoms with van der Waals surface area (Å²) in [4.78, 5) is 45.0. The number of pyridine rings is 1. The SMILES string of the molecule is CCOC(=O)CCC(=O)N1CCN(c2ncccc2NC(=O)c2ccc3c(c2)OCO3)CC1. The molecule has 174 valence electrons. The number of fused-ring (bicyclic) bond motifs is 1. The summed E-state index contributed by atoms with van der Waals surface area (Å²) in [5, 5.41) is 2.92. The van der Waals surface area contributed by atoms with Crippen LogP contribution in [0.15, 0.2) is 36.5 Å². The number of hydrogen-bond donors (Lipinski definition) is 1. The maximum atomic E-state index is 12.8. The summed E-state index contributed by atoms with van der Waals surface area (Å²) in [7, 11) is 0. The molecule has 0 radical (unpaired) electrons. The molecule has 33 heavy (non-hydrogen) atoms. The molecule has 0 aliphatic carbocycles. The zero-order valence-electron chi connectivity index (χ0n) is 18.4. The molecule has 0 unspecified atom stereocenters. The van der Waals surface area contributed by atoms with E-state index in [0.29, 0.717) is 61.4 Å². The maximum Gasteiger partial charge on any atom is 0.306 e. The molecule has 1 saturated heterocycles. The lowest BCUT2D eigenvalue weighted by Crippen LogP contribution is -2.49. The van der Waals surface area contributed by atoms with E-state index in [1.807, 2.05) is 4.90 Å². The van der Waals surface area contributed by atoms with Crippen LogP contribution in [0.4, 0.5) is 11.5 Å². The van der Waals surface area contributed by atoms with Crippen LogP contribution < -0.4 is 19.7 Å². The number of carbonyl (C=O) groups is 3. The molecule has 3 heterocycles. The van der Waals surface area contributed by atoms with E-state index in [1.54, 1.807) is 48.4 Å². The summed E-state index contributed by atoms with van der Waals surface area (Å²) in [6.07, 6.45) is 1.89. The highest BCUT2D eigenvalue weighted by atomic mass is 16.7. The van der Waals surface area contributed by atoms with Crippen LogP contribution in [0, 0.1) is 0 Å². The van der Waals surface area contributed by atoms with E-state index < -0.39 is 0 Å². The van der Waals surface area contributed by atoms with Crippen molar-refractivity contribution in [2.75, 3.05) is 49.8 Å². The fourth-order valence-corrected chi connectivity index (χ4v) is 3.75. The van der Waals surface area contributed by atoms with E-state index >= 15 is 0 Å². The molecule has 1 aromatic heterocycles. The van der Waals surface area contributed by atoms with Gasteiger partial charge in [-0.2, -0.15) is 0 Å². The summed E-state index contributed by atoms with van der Waals surface area (Å²) in [5.41, 5.74) is 1.04. The lowest BCUT2D eigenvalue weighted by Gasteiger charge is -2.36. The molecule has 2 amide bonds. The second kappa shape index (κ2) is 10.2. The summed E-state index contributed by atoms with van der Waals surface area (Å²) in [6, 6.07) is 8.59. The van der Waals surface area contributed by atoms with Gasteiger partial charge in [0.25, 0.3) is 5.91 Å². The van der Waals surface area contributed by atoms with Crippen molar-refractivity contribution in [1.82, 2.24) is 9.88 Å². The Balaban J connectivity index is 1.36. The number of nitrogens with one attached hydrogen (secondary N) is 1. The van der Waals surface area contributed by atoms with Crippen LogP contribution in [-0.4, -0.2) is 67.2 Å². The smallest absolute Gasteiger partial charge is 0.306 e. The first-order valence-electron chi connectivity index (χ1n) is 10.9. The molecular formula is C23H26N4O6. The highest BCUT2D eigenvalue weighted by Gasteiger charge is 2.24. The van der Waals surface area contributed by atoms with Gasteiger partial charge in [0.15, 0.2) is 17.3 Å². The number of benzene rings is 1. The number of amides is 2. The van der Waals surface area contributed by atoms with Gasteiger partial charge in [0.2, 0.25) is 12.7 Å². The van der Waals surface area contributed by atoms with Crippen LogP contribution in [-0.2, 0) is 14.3 Å². The number of anilines is 2. The minimum absolute atomic E-state index is 0.0694. The molecule has 2 aliphatic rings. The Hall–Kier alpha value is -3.82. The number of piperazine rings is 1. The van der Waals surface area contributed by atoms with Crippen LogP contribution in [0.25, 0.3) is 0 Å². The van der Waals surface area contributed by atoms with Crippen LogP contribution in [0.2, 0.25) is 0 Å². The highest BCUT2D eigenvalue weighted by Crippen LogP contribution is 2.33. The fourth-order valence-electron chi connectivity index (χ4n) is 3.75. The van der Waals surface area contributed by atoms with Crippen LogP contribution >= 0.6 is 0 Å². The van der Waals surface area contributed by atoms with Crippen molar-refractivity contribution < 1.29 is 28.6 Å². The fraction of sp³-hybridized carbons (Fsp3) is 0.391. The first-order chi connectivity index (χ1) is 16.0. The van der Waals surface area contributed by atoms with Crippen molar-refractivity contribution in [3.63, 3.8) is 0 Å². The Morgan fingerprint density at radius 3 is 2.64 bits per heavy atom. The number of esters is 1. The maximum absolute atomic E-state index is 12.8. The molecule has 0 bridgehead atoms. The van der Waals surface area contributed by atoms with Crippen molar-refractivity contribution in [3.05, 3.63) is 42.1 Å². The summed E-state index contributed by atoms with van der Waals surface area (Å²) in [6.45, 7) is 4.34. The topological polar surface area (TPSA) is 110 Å². The Bertz CT molecular complexity index is 1040. The largest absolute Gasteiger partial charge is 0.466 e. The third kappa shape index (κ3) is 5.33. The summed E-state index contributed by atoms with van der Waals surface area (Å²) < 4.78 is 15.5. The van der Waals surface area contributed by atoms with E-state index in [0.717, 1.165) is 0 Å². The molecule has 1 fully saturated rings.